The first-order valence-electron chi connectivity index (χ1n) is 8.60. The monoisotopic (exact) mass is 454 g/mol. The van der Waals surface area contributed by atoms with Gasteiger partial charge in [0.15, 0.2) is 0 Å². The summed E-state index contributed by atoms with van der Waals surface area (Å²) >= 11 is 3.36. The first-order valence-corrected chi connectivity index (χ1v) is 9.39. The molecule has 0 aliphatic rings. The second-order valence-corrected chi connectivity index (χ2v) is 7.06. The molecule has 0 aromatic heterocycles. The minimum absolute atomic E-state index is 0.267. The van der Waals surface area contributed by atoms with Crippen LogP contribution >= 0.6 is 15.9 Å². The van der Waals surface area contributed by atoms with Crippen molar-refractivity contribution in [3.05, 3.63) is 99.3 Å². The Hall–Kier alpha value is -3.32. The molecule has 146 valence electrons. The first kappa shape index (κ1) is 20.4. The molecule has 0 saturated heterocycles. The molecule has 5 nitrogen and oxygen atoms in total. The predicted octanol–water partition coefficient (Wildman–Crippen LogP) is 4.88. The lowest BCUT2D eigenvalue weighted by molar-refractivity contribution is 0.0734. The molecule has 0 spiro atoms. The molecule has 0 atom stereocenters. The molecular formula is C22H16BrFN2O3. The number of nitrogens with zero attached hydrogens (tertiary/aromatic N) is 1. The minimum Gasteiger partial charge on any atom is -0.422 e. The van der Waals surface area contributed by atoms with Gasteiger partial charge in [-0.3, -0.25) is 4.79 Å². The maximum Gasteiger partial charge on any atom is 0.343 e. The van der Waals surface area contributed by atoms with Gasteiger partial charge < -0.3 is 4.74 Å². The van der Waals surface area contributed by atoms with Crippen molar-refractivity contribution >= 4 is 34.0 Å². The van der Waals surface area contributed by atoms with Gasteiger partial charge in [-0.15, -0.1) is 0 Å². The topological polar surface area (TPSA) is 67.8 Å². The molecular weight excluding hydrogens is 439 g/mol. The zero-order chi connectivity index (χ0) is 20.8. The number of benzene rings is 3. The van der Waals surface area contributed by atoms with E-state index in [1.807, 2.05) is 13.0 Å². The summed E-state index contributed by atoms with van der Waals surface area (Å²) in [5, 5.41) is 3.91. The molecule has 0 radical (unpaired) electrons. The number of rotatable bonds is 5. The molecule has 0 fully saturated rings. The summed E-state index contributed by atoms with van der Waals surface area (Å²) in [6, 6.07) is 17.2. The van der Waals surface area contributed by atoms with Crippen molar-refractivity contribution in [1.82, 2.24) is 5.43 Å². The summed E-state index contributed by atoms with van der Waals surface area (Å²) in [5.41, 5.74) is 4.49. The maximum absolute atomic E-state index is 12.9. The van der Waals surface area contributed by atoms with Crippen LogP contribution in [0.2, 0.25) is 0 Å². The number of esters is 1. The SMILES string of the molecule is Cc1cccc(C(=O)Oc2ccc(Br)cc2/C=N/NC(=O)c2ccc(F)cc2)c1. The van der Waals surface area contributed by atoms with Gasteiger partial charge in [-0.2, -0.15) is 5.10 Å². The molecule has 3 aromatic rings. The molecule has 0 bridgehead atoms. The summed E-state index contributed by atoms with van der Waals surface area (Å²) in [5.74, 6) is -1.13. The van der Waals surface area contributed by atoms with Gasteiger partial charge in [0.2, 0.25) is 0 Å². The fourth-order valence-corrected chi connectivity index (χ4v) is 2.85. The van der Waals surface area contributed by atoms with E-state index >= 15 is 0 Å². The largest absolute Gasteiger partial charge is 0.422 e. The highest BCUT2D eigenvalue weighted by atomic mass is 79.9. The smallest absolute Gasteiger partial charge is 0.343 e. The Labute approximate surface area is 175 Å². The Kier molecular flexibility index (Phi) is 6.51. The van der Waals surface area contributed by atoms with E-state index in [2.05, 4.69) is 26.5 Å². The second kappa shape index (κ2) is 9.25. The number of nitrogens with one attached hydrogen (secondary N) is 1. The van der Waals surface area contributed by atoms with Gasteiger partial charge >= 0.3 is 5.97 Å². The zero-order valence-corrected chi connectivity index (χ0v) is 16.9. The Morgan fingerprint density at radius 3 is 2.52 bits per heavy atom. The number of hydrogen-bond donors (Lipinski definition) is 1. The van der Waals surface area contributed by atoms with Crippen LogP contribution in [0.1, 0.15) is 31.8 Å². The number of hydrogen-bond acceptors (Lipinski definition) is 4. The standard InChI is InChI=1S/C22H16BrFN2O3/c1-14-3-2-4-16(11-14)22(28)29-20-10-7-18(23)12-17(20)13-25-26-21(27)15-5-8-19(24)9-6-15/h2-13H,1H3,(H,26,27)/b25-13+. The van der Waals surface area contributed by atoms with E-state index in [4.69, 9.17) is 4.74 Å². The average molecular weight is 455 g/mol. The summed E-state index contributed by atoms with van der Waals surface area (Å²) in [4.78, 5) is 24.5. The third-order valence-corrected chi connectivity index (χ3v) is 4.40. The lowest BCUT2D eigenvalue weighted by Gasteiger charge is -2.08. The van der Waals surface area contributed by atoms with E-state index in [9.17, 15) is 14.0 Å². The number of hydrazone groups is 1. The molecule has 0 unspecified atom stereocenters. The lowest BCUT2D eigenvalue weighted by Crippen LogP contribution is -2.17. The van der Waals surface area contributed by atoms with Crippen molar-refractivity contribution in [3.8, 4) is 5.75 Å². The van der Waals surface area contributed by atoms with E-state index in [1.165, 1.54) is 30.5 Å². The predicted molar refractivity (Wildman–Crippen MR) is 112 cm³/mol. The highest BCUT2D eigenvalue weighted by Crippen LogP contribution is 2.23. The number of carbonyl (C=O) groups excluding carboxylic acids is 2. The van der Waals surface area contributed by atoms with E-state index in [0.717, 1.165) is 10.0 Å². The number of amides is 1. The second-order valence-electron chi connectivity index (χ2n) is 6.15. The Morgan fingerprint density at radius 1 is 1.03 bits per heavy atom. The van der Waals surface area contributed by atoms with Crippen molar-refractivity contribution in [2.24, 2.45) is 5.10 Å². The lowest BCUT2D eigenvalue weighted by atomic mass is 10.1. The Bertz CT molecular complexity index is 1080. The highest BCUT2D eigenvalue weighted by molar-refractivity contribution is 9.10. The van der Waals surface area contributed by atoms with Gasteiger partial charge in [0.1, 0.15) is 11.6 Å². The third-order valence-electron chi connectivity index (χ3n) is 3.90. The Balaban J connectivity index is 1.74. The first-order chi connectivity index (χ1) is 13.9. The summed E-state index contributed by atoms with van der Waals surface area (Å²) in [6.07, 6.45) is 1.37. The van der Waals surface area contributed by atoms with Gasteiger partial charge in [0, 0.05) is 15.6 Å². The molecule has 3 aromatic carbocycles. The summed E-state index contributed by atoms with van der Waals surface area (Å²) < 4.78 is 19.2. The average Bonchev–Trinajstić information content (AvgIpc) is 2.70. The zero-order valence-electron chi connectivity index (χ0n) is 15.4. The van der Waals surface area contributed by atoms with Gasteiger partial charge in [0.05, 0.1) is 11.8 Å². The van der Waals surface area contributed by atoms with Crippen LogP contribution in [0.25, 0.3) is 0 Å². The molecule has 0 aliphatic carbocycles. The molecule has 1 N–H and O–H groups in total. The fraction of sp³-hybridized carbons (Fsp3) is 0.0455. The Morgan fingerprint density at radius 2 is 1.79 bits per heavy atom. The van der Waals surface area contributed by atoms with E-state index in [1.54, 1.807) is 36.4 Å². The van der Waals surface area contributed by atoms with Crippen LogP contribution in [0.3, 0.4) is 0 Å². The van der Waals surface area contributed by atoms with Crippen molar-refractivity contribution in [3.63, 3.8) is 0 Å². The van der Waals surface area contributed by atoms with Gasteiger partial charge in [-0.1, -0.05) is 33.6 Å². The maximum atomic E-state index is 12.9. The summed E-state index contributed by atoms with van der Waals surface area (Å²) in [6.45, 7) is 1.89. The number of aryl methyl sites for hydroxylation is 1. The molecule has 0 aliphatic heterocycles. The highest BCUT2D eigenvalue weighted by Gasteiger charge is 2.12. The molecule has 0 heterocycles. The third kappa shape index (κ3) is 5.58. The number of ether oxygens (including phenoxy) is 1. The van der Waals surface area contributed by atoms with E-state index < -0.39 is 17.7 Å². The van der Waals surface area contributed by atoms with E-state index in [0.29, 0.717) is 16.9 Å². The molecule has 3 rings (SSSR count). The molecule has 29 heavy (non-hydrogen) atoms. The van der Waals surface area contributed by atoms with Gasteiger partial charge in [0.25, 0.3) is 5.91 Å². The number of carbonyl (C=O) groups is 2. The number of halogens is 2. The van der Waals surface area contributed by atoms with Crippen LogP contribution in [-0.2, 0) is 0 Å². The van der Waals surface area contributed by atoms with Crippen molar-refractivity contribution < 1.29 is 18.7 Å². The molecule has 0 saturated carbocycles. The summed E-state index contributed by atoms with van der Waals surface area (Å²) in [7, 11) is 0. The van der Waals surface area contributed by atoms with Gasteiger partial charge in [-0.05, 0) is 61.5 Å². The molecule has 7 heteroatoms. The minimum atomic E-state index is -0.499. The fourth-order valence-electron chi connectivity index (χ4n) is 2.47. The molecule has 1 amide bonds. The van der Waals surface area contributed by atoms with Crippen molar-refractivity contribution in [1.29, 1.82) is 0 Å². The van der Waals surface area contributed by atoms with Crippen LogP contribution in [0.15, 0.2) is 76.3 Å². The van der Waals surface area contributed by atoms with Crippen molar-refractivity contribution in [2.45, 2.75) is 6.92 Å². The van der Waals surface area contributed by atoms with Crippen LogP contribution in [0, 0.1) is 12.7 Å². The van der Waals surface area contributed by atoms with Crippen LogP contribution in [0.5, 0.6) is 5.75 Å². The normalized spacial score (nSPS) is 10.7. The van der Waals surface area contributed by atoms with E-state index in [-0.39, 0.29) is 5.56 Å². The van der Waals surface area contributed by atoms with Gasteiger partial charge in [-0.25, -0.2) is 14.6 Å². The van der Waals surface area contributed by atoms with Crippen LogP contribution in [0.4, 0.5) is 4.39 Å². The van der Waals surface area contributed by atoms with Crippen molar-refractivity contribution in [2.75, 3.05) is 0 Å². The van der Waals surface area contributed by atoms with Crippen LogP contribution in [-0.4, -0.2) is 18.1 Å². The quantitative estimate of drug-likeness (QED) is 0.258. The van der Waals surface area contributed by atoms with Crippen LogP contribution < -0.4 is 10.2 Å².